The first-order valence-electron chi connectivity index (χ1n) is 6.63. The highest BCUT2D eigenvalue weighted by Crippen LogP contribution is 2.21. The minimum Gasteiger partial charge on any atom is -0.481 e. The van der Waals surface area contributed by atoms with Crippen LogP contribution in [-0.4, -0.2) is 38.8 Å². The highest BCUT2D eigenvalue weighted by Gasteiger charge is 2.32. The normalized spacial score (nSPS) is 16.1. The molecule has 0 spiro atoms. The number of aliphatic carboxylic acids is 1. The number of nitrogens with one attached hydrogen (secondary N) is 1. The minimum absolute atomic E-state index is 0.0341. The molecule has 1 aliphatic rings. The number of carbonyl (C=O) groups is 2. The molecule has 1 unspecified atom stereocenters. The summed E-state index contributed by atoms with van der Waals surface area (Å²) >= 11 is 1.47. The molecule has 1 aromatic heterocycles. The molecule has 1 amide bonds. The maximum atomic E-state index is 12.2. The fourth-order valence-electron chi connectivity index (χ4n) is 1.90. The lowest BCUT2D eigenvalue weighted by Gasteiger charge is -2.23. The molecule has 2 N–H and O–H groups in total. The molecular weight excluding hydrogens is 294 g/mol. The summed E-state index contributed by atoms with van der Waals surface area (Å²) in [6, 6.07) is 0. The molecule has 0 saturated heterocycles. The van der Waals surface area contributed by atoms with E-state index in [9.17, 15) is 14.4 Å². The van der Waals surface area contributed by atoms with Crippen molar-refractivity contribution in [2.45, 2.75) is 32.0 Å². The van der Waals surface area contributed by atoms with Gasteiger partial charge in [0, 0.05) is 25.0 Å². The highest BCUT2D eigenvalue weighted by molar-refractivity contribution is 7.99. The fraction of sp³-hybridized carbons (Fsp3) is 0.538. The average Bonchev–Trinajstić information content (AvgIpc) is 2.94. The number of thioether (sulfide) groups is 1. The summed E-state index contributed by atoms with van der Waals surface area (Å²) in [6.07, 6.45) is 1.63. The number of carbonyl (C=O) groups excluding carboxylic acids is 1. The second-order valence-electron chi connectivity index (χ2n) is 5.16. The van der Waals surface area contributed by atoms with Crippen molar-refractivity contribution in [1.82, 2.24) is 14.9 Å². The Hall–Kier alpha value is -1.83. The molecule has 2 heterocycles. The molecule has 0 bridgehead atoms. The zero-order valence-corrected chi connectivity index (χ0v) is 12.7. The number of carboxylic acid groups (broad SMARTS) is 1. The molecule has 0 fully saturated rings. The summed E-state index contributed by atoms with van der Waals surface area (Å²) in [6.45, 7) is 3.80. The molecule has 0 radical (unpaired) electrons. The highest BCUT2D eigenvalue weighted by atomic mass is 32.2. The van der Waals surface area contributed by atoms with Gasteiger partial charge in [-0.25, -0.2) is 4.98 Å². The molecule has 0 saturated carbocycles. The van der Waals surface area contributed by atoms with E-state index < -0.39 is 17.3 Å². The van der Waals surface area contributed by atoms with Crippen LogP contribution in [0.2, 0.25) is 0 Å². The van der Waals surface area contributed by atoms with E-state index in [-0.39, 0.29) is 17.7 Å². The molecule has 114 valence electrons. The molecule has 1 aromatic rings. The van der Waals surface area contributed by atoms with Gasteiger partial charge in [0.25, 0.3) is 11.5 Å². The van der Waals surface area contributed by atoms with Crippen LogP contribution in [0, 0.1) is 5.41 Å². The maximum absolute atomic E-state index is 12.2. The Morgan fingerprint density at radius 3 is 2.90 bits per heavy atom. The summed E-state index contributed by atoms with van der Waals surface area (Å²) in [5, 5.41) is 12.3. The Morgan fingerprint density at radius 2 is 2.29 bits per heavy atom. The van der Waals surface area contributed by atoms with Crippen molar-refractivity contribution in [2.75, 3.05) is 12.3 Å². The third-order valence-electron chi connectivity index (χ3n) is 3.74. The molecule has 0 aromatic carbocycles. The van der Waals surface area contributed by atoms with E-state index in [1.807, 2.05) is 0 Å². The van der Waals surface area contributed by atoms with Crippen LogP contribution in [0.5, 0.6) is 0 Å². The first-order chi connectivity index (χ1) is 9.89. The Bertz CT molecular complexity index is 643. The van der Waals surface area contributed by atoms with Crippen molar-refractivity contribution in [3.8, 4) is 0 Å². The zero-order chi connectivity index (χ0) is 15.6. The summed E-state index contributed by atoms with van der Waals surface area (Å²) < 4.78 is 1.47. The molecule has 2 rings (SSSR count). The molecule has 1 aliphatic heterocycles. The van der Waals surface area contributed by atoms with Gasteiger partial charge < -0.3 is 10.4 Å². The van der Waals surface area contributed by atoms with Gasteiger partial charge in [0.2, 0.25) is 0 Å². The standard InChI is InChI=1S/C13H17N3O4S/c1-3-13(2,11(19)20)7-15-9(17)8-6-14-12-16(10(8)18)4-5-21-12/h6H,3-5,7H2,1-2H3,(H,15,17)(H,19,20). The fourth-order valence-corrected chi connectivity index (χ4v) is 2.81. The molecule has 7 nitrogen and oxygen atoms in total. The summed E-state index contributed by atoms with van der Waals surface area (Å²) in [5.74, 6) is -0.800. The van der Waals surface area contributed by atoms with E-state index in [1.54, 1.807) is 13.8 Å². The number of aromatic nitrogens is 2. The van der Waals surface area contributed by atoms with Crippen molar-refractivity contribution in [2.24, 2.45) is 5.41 Å². The quantitative estimate of drug-likeness (QED) is 0.771. The smallest absolute Gasteiger partial charge is 0.311 e. The Morgan fingerprint density at radius 1 is 1.57 bits per heavy atom. The van der Waals surface area contributed by atoms with Crippen molar-refractivity contribution in [3.05, 3.63) is 22.1 Å². The van der Waals surface area contributed by atoms with Crippen LogP contribution >= 0.6 is 11.8 Å². The van der Waals surface area contributed by atoms with Crippen molar-refractivity contribution in [1.29, 1.82) is 0 Å². The number of amides is 1. The number of carboxylic acids is 1. The van der Waals surface area contributed by atoms with Gasteiger partial charge in [-0.1, -0.05) is 18.7 Å². The predicted octanol–water partition coefficient (Wildman–Crippen LogP) is 0.580. The topological polar surface area (TPSA) is 101 Å². The first kappa shape index (κ1) is 15.6. The number of nitrogens with zero attached hydrogens (tertiary/aromatic N) is 2. The van der Waals surface area contributed by atoms with E-state index in [2.05, 4.69) is 10.3 Å². The van der Waals surface area contributed by atoms with Crippen molar-refractivity contribution in [3.63, 3.8) is 0 Å². The van der Waals surface area contributed by atoms with E-state index in [0.29, 0.717) is 18.1 Å². The summed E-state index contributed by atoms with van der Waals surface area (Å²) in [7, 11) is 0. The number of rotatable bonds is 5. The van der Waals surface area contributed by atoms with Crippen LogP contribution < -0.4 is 10.9 Å². The van der Waals surface area contributed by atoms with Gasteiger partial charge in [-0.3, -0.25) is 19.0 Å². The van der Waals surface area contributed by atoms with E-state index in [1.165, 1.54) is 22.5 Å². The third kappa shape index (κ3) is 2.94. The van der Waals surface area contributed by atoms with E-state index >= 15 is 0 Å². The average molecular weight is 311 g/mol. The van der Waals surface area contributed by atoms with Gasteiger partial charge in [-0.2, -0.15) is 0 Å². The second-order valence-corrected chi connectivity index (χ2v) is 6.22. The lowest BCUT2D eigenvalue weighted by Crippen LogP contribution is -2.42. The van der Waals surface area contributed by atoms with Gasteiger partial charge in [0.05, 0.1) is 5.41 Å². The Labute approximate surface area is 125 Å². The third-order valence-corrected chi connectivity index (χ3v) is 4.71. The van der Waals surface area contributed by atoms with E-state index in [4.69, 9.17) is 5.11 Å². The minimum atomic E-state index is -1.05. The maximum Gasteiger partial charge on any atom is 0.311 e. The van der Waals surface area contributed by atoms with Crippen LogP contribution in [0.4, 0.5) is 0 Å². The first-order valence-corrected chi connectivity index (χ1v) is 7.62. The van der Waals surface area contributed by atoms with Crippen LogP contribution in [0.15, 0.2) is 16.1 Å². The van der Waals surface area contributed by atoms with Crippen LogP contribution in [0.3, 0.4) is 0 Å². The monoisotopic (exact) mass is 311 g/mol. The van der Waals surface area contributed by atoms with Gasteiger partial charge in [0.1, 0.15) is 5.56 Å². The molecular formula is C13H17N3O4S. The van der Waals surface area contributed by atoms with Crippen molar-refractivity contribution < 1.29 is 14.7 Å². The summed E-state index contributed by atoms with van der Waals surface area (Å²) in [5.41, 5.74) is -1.48. The van der Waals surface area contributed by atoms with Crippen LogP contribution in [-0.2, 0) is 11.3 Å². The predicted molar refractivity (Wildman–Crippen MR) is 77.6 cm³/mol. The van der Waals surface area contributed by atoms with Crippen LogP contribution in [0.1, 0.15) is 30.6 Å². The number of hydrogen-bond acceptors (Lipinski definition) is 5. The Balaban J connectivity index is 2.15. The molecule has 21 heavy (non-hydrogen) atoms. The molecule has 8 heteroatoms. The summed E-state index contributed by atoms with van der Waals surface area (Å²) in [4.78, 5) is 39.5. The van der Waals surface area contributed by atoms with Gasteiger partial charge in [0.15, 0.2) is 5.16 Å². The van der Waals surface area contributed by atoms with Gasteiger partial charge >= 0.3 is 5.97 Å². The lowest BCUT2D eigenvalue weighted by molar-refractivity contribution is -0.147. The van der Waals surface area contributed by atoms with Gasteiger partial charge in [-0.15, -0.1) is 0 Å². The van der Waals surface area contributed by atoms with Crippen molar-refractivity contribution >= 4 is 23.6 Å². The molecule has 0 aliphatic carbocycles. The second kappa shape index (κ2) is 5.88. The van der Waals surface area contributed by atoms with Gasteiger partial charge in [-0.05, 0) is 13.3 Å². The zero-order valence-electron chi connectivity index (χ0n) is 11.9. The molecule has 1 atom stereocenters. The Kier molecular flexibility index (Phi) is 4.36. The number of fused-ring (bicyclic) bond motifs is 1. The number of hydrogen-bond donors (Lipinski definition) is 2. The lowest BCUT2D eigenvalue weighted by atomic mass is 9.87. The van der Waals surface area contributed by atoms with E-state index in [0.717, 1.165) is 5.75 Å². The van der Waals surface area contributed by atoms with Crippen LogP contribution in [0.25, 0.3) is 0 Å². The largest absolute Gasteiger partial charge is 0.481 e. The SMILES string of the molecule is CCC(C)(CNC(=O)c1cnc2n(c1=O)CCS2)C(=O)O.